The molecule has 100 valence electrons. The molecule has 0 bridgehead atoms. The van der Waals surface area contributed by atoms with Gasteiger partial charge in [-0.3, -0.25) is 0 Å². The Balaban J connectivity index is 2.16. The molecule has 6 heteroatoms. The molecule has 0 aliphatic carbocycles. The Morgan fingerprint density at radius 1 is 1.11 bits per heavy atom. The highest BCUT2D eigenvalue weighted by molar-refractivity contribution is 5.83. The summed E-state index contributed by atoms with van der Waals surface area (Å²) in [5.74, 6) is -1.66. The Morgan fingerprint density at radius 3 is 2.42 bits per heavy atom. The highest BCUT2D eigenvalue weighted by atomic mass is 19.2. The van der Waals surface area contributed by atoms with Crippen molar-refractivity contribution in [2.75, 3.05) is 23.7 Å². The smallest absolute Gasteiger partial charge is 0.230 e. The molecule has 3 rings (SSSR count). The van der Waals surface area contributed by atoms with Crippen LogP contribution in [0, 0.1) is 11.6 Å². The first-order valence-electron chi connectivity index (χ1n) is 6.11. The number of rotatable bonds is 2. The fraction of sp³-hybridized carbons (Fsp3) is 0.308. The van der Waals surface area contributed by atoms with E-state index < -0.39 is 11.6 Å². The van der Waals surface area contributed by atoms with Crippen LogP contribution in [0.3, 0.4) is 0 Å². The molecule has 0 saturated carbocycles. The number of nitrogen functional groups attached to an aromatic ring is 1. The van der Waals surface area contributed by atoms with Crippen molar-refractivity contribution in [3.63, 3.8) is 0 Å². The number of benzene rings is 1. The van der Waals surface area contributed by atoms with Crippen LogP contribution < -0.4 is 10.6 Å². The second-order valence-electron chi connectivity index (χ2n) is 4.58. The summed E-state index contributed by atoms with van der Waals surface area (Å²) in [6, 6.07) is 2.36. The van der Waals surface area contributed by atoms with Crippen LogP contribution in [-0.2, 0) is 0 Å². The fourth-order valence-corrected chi connectivity index (χ4v) is 2.42. The van der Waals surface area contributed by atoms with Crippen molar-refractivity contribution in [2.45, 2.75) is 12.8 Å². The van der Waals surface area contributed by atoms with Crippen LogP contribution in [-0.4, -0.2) is 18.2 Å². The van der Waals surface area contributed by atoms with E-state index in [2.05, 4.69) is 5.16 Å². The molecule has 1 aliphatic rings. The molecular formula is C13H13F2N3O. The molecule has 19 heavy (non-hydrogen) atoms. The summed E-state index contributed by atoms with van der Waals surface area (Å²) in [7, 11) is 0. The summed E-state index contributed by atoms with van der Waals surface area (Å²) in [4.78, 5) is 2.02. The lowest BCUT2D eigenvalue weighted by Crippen LogP contribution is -2.19. The van der Waals surface area contributed by atoms with Crippen molar-refractivity contribution < 1.29 is 13.3 Å². The minimum Gasteiger partial charge on any atom is -0.371 e. The Kier molecular flexibility index (Phi) is 2.85. The van der Waals surface area contributed by atoms with E-state index in [1.807, 2.05) is 4.90 Å². The van der Waals surface area contributed by atoms with Gasteiger partial charge in [0.15, 0.2) is 11.6 Å². The van der Waals surface area contributed by atoms with Crippen LogP contribution in [0.2, 0.25) is 0 Å². The van der Waals surface area contributed by atoms with Crippen LogP contribution in [0.1, 0.15) is 12.8 Å². The van der Waals surface area contributed by atoms with Gasteiger partial charge in [-0.1, -0.05) is 5.16 Å². The first-order valence-corrected chi connectivity index (χ1v) is 6.11. The van der Waals surface area contributed by atoms with Gasteiger partial charge in [0.05, 0.1) is 11.8 Å². The molecule has 1 fully saturated rings. The predicted octanol–water partition coefficient (Wildman–Crippen LogP) is 2.80. The molecule has 0 radical (unpaired) electrons. The molecular weight excluding hydrogens is 252 g/mol. The first-order chi connectivity index (χ1) is 9.16. The maximum absolute atomic E-state index is 13.5. The molecule has 2 heterocycles. The van der Waals surface area contributed by atoms with E-state index in [9.17, 15) is 8.78 Å². The molecule has 0 unspecified atom stereocenters. The highest BCUT2D eigenvalue weighted by Crippen LogP contribution is 2.37. The average Bonchev–Trinajstić information content (AvgIpc) is 3.03. The molecule has 1 aromatic heterocycles. The lowest BCUT2D eigenvalue weighted by Gasteiger charge is -2.21. The number of hydrogen-bond acceptors (Lipinski definition) is 4. The third kappa shape index (κ3) is 2.03. The van der Waals surface area contributed by atoms with E-state index in [4.69, 9.17) is 10.3 Å². The van der Waals surface area contributed by atoms with Crippen molar-refractivity contribution in [3.8, 4) is 11.1 Å². The van der Waals surface area contributed by atoms with Gasteiger partial charge in [-0.25, -0.2) is 8.78 Å². The maximum Gasteiger partial charge on any atom is 0.230 e. The molecule has 0 atom stereocenters. The number of aromatic nitrogens is 1. The van der Waals surface area contributed by atoms with E-state index >= 15 is 0 Å². The van der Waals surface area contributed by atoms with Gasteiger partial charge in [-0.05, 0) is 18.9 Å². The number of hydrogen-bond donors (Lipinski definition) is 1. The van der Waals surface area contributed by atoms with E-state index in [-0.39, 0.29) is 5.88 Å². The number of nitrogens with two attached hydrogens (primary N) is 1. The summed E-state index contributed by atoms with van der Waals surface area (Å²) < 4.78 is 31.8. The highest BCUT2D eigenvalue weighted by Gasteiger charge is 2.21. The monoisotopic (exact) mass is 265 g/mol. The quantitative estimate of drug-likeness (QED) is 0.907. The average molecular weight is 265 g/mol. The molecule has 1 aromatic carbocycles. The van der Waals surface area contributed by atoms with Crippen molar-refractivity contribution in [3.05, 3.63) is 30.0 Å². The van der Waals surface area contributed by atoms with E-state index in [1.165, 1.54) is 12.3 Å². The predicted molar refractivity (Wildman–Crippen MR) is 67.7 cm³/mol. The molecule has 2 aromatic rings. The van der Waals surface area contributed by atoms with Gasteiger partial charge in [0, 0.05) is 30.4 Å². The molecule has 1 saturated heterocycles. The molecule has 0 spiro atoms. The van der Waals surface area contributed by atoms with Gasteiger partial charge < -0.3 is 15.2 Å². The molecule has 4 nitrogen and oxygen atoms in total. The topological polar surface area (TPSA) is 55.3 Å². The van der Waals surface area contributed by atoms with Gasteiger partial charge in [0.1, 0.15) is 0 Å². The largest absolute Gasteiger partial charge is 0.371 e. The van der Waals surface area contributed by atoms with Crippen LogP contribution >= 0.6 is 0 Å². The van der Waals surface area contributed by atoms with Gasteiger partial charge in [0.2, 0.25) is 5.88 Å². The zero-order valence-corrected chi connectivity index (χ0v) is 10.2. The minimum absolute atomic E-state index is 0.103. The third-order valence-electron chi connectivity index (χ3n) is 3.37. The lowest BCUT2D eigenvalue weighted by atomic mass is 10.1. The lowest BCUT2D eigenvalue weighted by molar-refractivity contribution is 0.436. The molecule has 2 N–H and O–H groups in total. The number of nitrogens with zero attached hydrogens (tertiary/aromatic N) is 2. The Hall–Kier alpha value is -2.11. The Morgan fingerprint density at radius 2 is 1.79 bits per heavy atom. The molecule has 1 aliphatic heterocycles. The Bertz CT molecular complexity index is 606. The summed E-state index contributed by atoms with van der Waals surface area (Å²) in [6.45, 7) is 1.65. The summed E-state index contributed by atoms with van der Waals surface area (Å²) in [5, 5.41) is 3.58. The summed E-state index contributed by atoms with van der Waals surface area (Å²) in [5.41, 5.74) is 7.30. The van der Waals surface area contributed by atoms with Crippen LogP contribution in [0.25, 0.3) is 11.1 Å². The second kappa shape index (κ2) is 4.53. The van der Waals surface area contributed by atoms with Gasteiger partial charge in [-0.15, -0.1) is 0 Å². The van der Waals surface area contributed by atoms with Gasteiger partial charge >= 0.3 is 0 Å². The Labute approximate surface area is 108 Å². The standard InChI is InChI=1S/C13H13F2N3O/c14-10-5-8(9-7-17-19-13(9)16)12(6-11(10)15)18-3-1-2-4-18/h5-7H,1-4,16H2. The van der Waals surface area contributed by atoms with Gasteiger partial charge in [-0.2, -0.15) is 0 Å². The fourth-order valence-electron chi connectivity index (χ4n) is 2.42. The van der Waals surface area contributed by atoms with Crippen LogP contribution in [0.4, 0.5) is 20.4 Å². The van der Waals surface area contributed by atoms with Crippen molar-refractivity contribution in [1.29, 1.82) is 0 Å². The molecule has 0 amide bonds. The summed E-state index contributed by atoms with van der Waals surface area (Å²) >= 11 is 0. The second-order valence-corrected chi connectivity index (χ2v) is 4.58. The first kappa shape index (κ1) is 12.0. The maximum atomic E-state index is 13.5. The SMILES string of the molecule is Nc1oncc1-c1cc(F)c(F)cc1N1CCCC1. The number of halogens is 2. The van der Waals surface area contributed by atoms with Crippen molar-refractivity contribution in [2.24, 2.45) is 0 Å². The van der Waals surface area contributed by atoms with Crippen molar-refractivity contribution in [1.82, 2.24) is 5.16 Å². The summed E-state index contributed by atoms with van der Waals surface area (Å²) in [6.07, 6.45) is 3.50. The van der Waals surface area contributed by atoms with Crippen LogP contribution in [0.15, 0.2) is 22.9 Å². The van der Waals surface area contributed by atoms with E-state index in [0.29, 0.717) is 16.8 Å². The third-order valence-corrected chi connectivity index (χ3v) is 3.37. The van der Waals surface area contributed by atoms with Crippen molar-refractivity contribution >= 4 is 11.6 Å². The number of anilines is 2. The zero-order chi connectivity index (χ0) is 13.4. The zero-order valence-electron chi connectivity index (χ0n) is 10.2. The van der Waals surface area contributed by atoms with Gasteiger partial charge in [0.25, 0.3) is 0 Å². The van der Waals surface area contributed by atoms with E-state index in [0.717, 1.165) is 32.0 Å². The van der Waals surface area contributed by atoms with Crippen LogP contribution in [0.5, 0.6) is 0 Å². The minimum atomic E-state index is -0.904. The van der Waals surface area contributed by atoms with E-state index in [1.54, 1.807) is 0 Å². The normalized spacial score (nSPS) is 15.2.